The molecule has 3 aromatic heterocycles. The van der Waals surface area contributed by atoms with E-state index in [0.29, 0.717) is 23.8 Å². The van der Waals surface area contributed by atoms with Crippen molar-refractivity contribution in [2.75, 3.05) is 0 Å². The molecule has 31 heavy (non-hydrogen) atoms. The summed E-state index contributed by atoms with van der Waals surface area (Å²) in [6, 6.07) is 21.1. The van der Waals surface area contributed by atoms with Crippen molar-refractivity contribution < 1.29 is 9.32 Å². The number of benzene rings is 2. The molecular formula is C23H19N5O2S. The topological polar surface area (TPSA) is 85.8 Å². The van der Waals surface area contributed by atoms with Gasteiger partial charge in [-0.15, -0.1) is 11.3 Å². The van der Waals surface area contributed by atoms with Gasteiger partial charge in [-0.25, -0.2) is 0 Å². The summed E-state index contributed by atoms with van der Waals surface area (Å²) in [7, 11) is 0. The first-order chi connectivity index (χ1) is 15.3. The minimum absolute atomic E-state index is 0.179. The lowest BCUT2D eigenvalue weighted by molar-refractivity contribution is 0.0949. The molecule has 7 nitrogen and oxygen atoms in total. The van der Waals surface area contributed by atoms with E-state index in [1.807, 2.05) is 47.1 Å². The van der Waals surface area contributed by atoms with Crippen LogP contribution in [0.4, 0.5) is 0 Å². The molecule has 0 atom stereocenters. The molecule has 3 heterocycles. The van der Waals surface area contributed by atoms with Gasteiger partial charge in [0.15, 0.2) is 5.82 Å². The third-order valence-electron chi connectivity index (χ3n) is 4.91. The van der Waals surface area contributed by atoms with Gasteiger partial charge in [-0.3, -0.25) is 9.48 Å². The van der Waals surface area contributed by atoms with E-state index < -0.39 is 0 Å². The monoisotopic (exact) mass is 429 g/mol. The number of carbonyl (C=O) groups excluding carboxylic acids is 1. The van der Waals surface area contributed by atoms with E-state index in [4.69, 9.17) is 9.62 Å². The van der Waals surface area contributed by atoms with Crippen molar-refractivity contribution in [3.8, 4) is 11.6 Å². The molecule has 0 radical (unpaired) electrons. The van der Waals surface area contributed by atoms with E-state index >= 15 is 0 Å². The number of aryl methyl sites for hydroxylation is 2. The molecule has 0 bridgehead atoms. The smallest absolute Gasteiger partial charge is 0.276 e. The Morgan fingerprint density at radius 3 is 2.71 bits per heavy atom. The Morgan fingerprint density at radius 1 is 1.03 bits per heavy atom. The summed E-state index contributed by atoms with van der Waals surface area (Å²) in [5.74, 6) is 0.622. The first-order valence-electron chi connectivity index (χ1n) is 9.92. The van der Waals surface area contributed by atoms with Crippen molar-refractivity contribution in [1.82, 2.24) is 25.2 Å². The Balaban J connectivity index is 1.38. The Morgan fingerprint density at radius 2 is 1.87 bits per heavy atom. The number of aromatic nitrogens is 4. The van der Waals surface area contributed by atoms with E-state index in [9.17, 15) is 4.79 Å². The van der Waals surface area contributed by atoms with E-state index in [-0.39, 0.29) is 12.5 Å². The zero-order valence-electron chi connectivity index (χ0n) is 16.6. The Hall–Kier alpha value is -3.78. The third kappa shape index (κ3) is 4.10. The van der Waals surface area contributed by atoms with E-state index in [2.05, 4.69) is 33.0 Å². The van der Waals surface area contributed by atoms with Crippen LogP contribution in [0.3, 0.4) is 0 Å². The molecule has 0 unspecified atom stereocenters. The molecule has 0 aliphatic rings. The minimum Gasteiger partial charge on any atom is -0.345 e. The second-order valence-corrected chi connectivity index (χ2v) is 8.01. The summed E-state index contributed by atoms with van der Waals surface area (Å²) in [5, 5.41) is 14.6. The van der Waals surface area contributed by atoms with Crippen LogP contribution in [0.2, 0.25) is 0 Å². The standard InChI is InChI=1S/C23H19N5O2S/c29-22(16-7-2-1-3-8-16)24-15-20-25-23(30-27-20)21-18-10-4-5-11-19(18)26-28(21)13-12-17-9-6-14-31-17/h1-11,14H,12-13,15H2,(H,24,29). The van der Waals surface area contributed by atoms with Gasteiger partial charge in [0.1, 0.15) is 5.69 Å². The quantitative estimate of drug-likeness (QED) is 0.416. The average molecular weight is 430 g/mol. The van der Waals surface area contributed by atoms with Crippen molar-refractivity contribution >= 4 is 28.1 Å². The van der Waals surface area contributed by atoms with Gasteiger partial charge in [0.25, 0.3) is 11.8 Å². The molecule has 0 aliphatic heterocycles. The van der Waals surface area contributed by atoms with Crippen molar-refractivity contribution in [2.45, 2.75) is 19.5 Å². The fourth-order valence-electron chi connectivity index (χ4n) is 3.41. The molecule has 0 aliphatic carbocycles. The number of nitrogens with one attached hydrogen (secondary N) is 1. The molecule has 5 rings (SSSR count). The van der Waals surface area contributed by atoms with Gasteiger partial charge in [-0.05, 0) is 29.6 Å². The number of thiophene rings is 1. The maximum absolute atomic E-state index is 12.3. The summed E-state index contributed by atoms with van der Waals surface area (Å²) >= 11 is 1.73. The molecule has 0 spiro atoms. The van der Waals surface area contributed by atoms with Crippen LogP contribution in [0.15, 0.2) is 76.6 Å². The van der Waals surface area contributed by atoms with Gasteiger partial charge in [0.05, 0.1) is 12.1 Å². The van der Waals surface area contributed by atoms with Gasteiger partial charge >= 0.3 is 0 Å². The highest BCUT2D eigenvalue weighted by atomic mass is 32.1. The van der Waals surface area contributed by atoms with Crippen LogP contribution in [0.5, 0.6) is 0 Å². The number of amides is 1. The Bertz CT molecular complexity index is 1310. The van der Waals surface area contributed by atoms with Crippen LogP contribution in [-0.4, -0.2) is 25.8 Å². The summed E-state index contributed by atoms with van der Waals surface area (Å²) in [5.41, 5.74) is 2.25. The third-order valence-corrected chi connectivity index (χ3v) is 5.85. The summed E-state index contributed by atoms with van der Waals surface area (Å²) in [6.45, 7) is 0.880. The summed E-state index contributed by atoms with van der Waals surface area (Å²) in [6.07, 6.45) is 0.868. The van der Waals surface area contributed by atoms with Gasteiger partial charge < -0.3 is 9.84 Å². The van der Waals surface area contributed by atoms with Gasteiger partial charge in [0.2, 0.25) is 0 Å². The second-order valence-electron chi connectivity index (χ2n) is 6.98. The number of rotatable bonds is 7. The molecule has 0 fully saturated rings. The summed E-state index contributed by atoms with van der Waals surface area (Å²) in [4.78, 5) is 18.1. The SMILES string of the molecule is O=C(NCc1noc(-c2c3ccccc3nn2CCc2cccs2)n1)c1ccccc1. The largest absolute Gasteiger partial charge is 0.345 e. The van der Waals surface area contributed by atoms with Crippen molar-refractivity contribution in [1.29, 1.82) is 0 Å². The van der Waals surface area contributed by atoms with Crippen LogP contribution < -0.4 is 5.32 Å². The zero-order chi connectivity index (χ0) is 21.0. The zero-order valence-corrected chi connectivity index (χ0v) is 17.4. The van der Waals surface area contributed by atoms with Crippen LogP contribution in [0.25, 0.3) is 22.5 Å². The maximum atomic E-state index is 12.3. The Kier molecular flexibility index (Phi) is 5.28. The molecule has 0 saturated heterocycles. The normalized spacial score (nSPS) is 11.1. The van der Waals surface area contributed by atoms with Crippen LogP contribution >= 0.6 is 11.3 Å². The van der Waals surface area contributed by atoms with Crippen LogP contribution in [-0.2, 0) is 19.5 Å². The van der Waals surface area contributed by atoms with E-state index in [0.717, 1.165) is 23.0 Å². The predicted molar refractivity (Wildman–Crippen MR) is 119 cm³/mol. The highest BCUT2D eigenvalue weighted by Crippen LogP contribution is 2.28. The van der Waals surface area contributed by atoms with Crippen LogP contribution in [0.1, 0.15) is 21.1 Å². The second kappa shape index (κ2) is 8.53. The number of hydrogen-bond acceptors (Lipinski definition) is 6. The number of hydrogen-bond donors (Lipinski definition) is 1. The lowest BCUT2D eigenvalue weighted by Gasteiger charge is -2.04. The maximum Gasteiger partial charge on any atom is 0.276 e. The molecule has 1 amide bonds. The molecule has 154 valence electrons. The van der Waals surface area contributed by atoms with Gasteiger partial charge in [-0.2, -0.15) is 10.1 Å². The minimum atomic E-state index is -0.182. The molecule has 8 heteroatoms. The molecule has 1 N–H and O–H groups in total. The fourth-order valence-corrected chi connectivity index (χ4v) is 4.11. The fraction of sp³-hybridized carbons (Fsp3) is 0.130. The number of carbonyl (C=O) groups is 1. The lowest BCUT2D eigenvalue weighted by Crippen LogP contribution is -2.23. The van der Waals surface area contributed by atoms with E-state index in [1.165, 1.54) is 4.88 Å². The molecular weight excluding hydrogens is 410 g/mol. The van der Waals surface area contributed by atoms with Gasteiger partial charge in [-0.1, -0.05) is 47.6 Å². The highest BCUT2D eigenvalue weighted by molar-refractivity contribution is 7.09. The summed E-state index contributed by atoms with van der Waals surface area (Å²) < 4.78 is 7.48. The average Bonchev–Trinajstić information content (AvgIpc) is 3.56. The van der Waals surface area contributed by atoms with Crippen LogP contribution in [0, 0.1) is 0 Å². The molecule has 2 aromatic carbocycles. The highest BCUT2D eigenvalue weighted by Gasteiger charge is 2.19. The number of fused-ring (bicyclic) bond motifs is 1. The Labute approximate surface area is 182 Å². The van der Waals surface area contributed by atoms with Crippen molar-refractivity contribution in [2.24, 2.45) is 0 Å². The lowest BCUT2D eigenvalue weighted by atomic mass is 10.2. The first kappa shape index (κ1) is 19.2. The van der Waals surface area contributed by atoms with Gasteiger partial charge in [0, 0.05) is 28.8 Å². The first-order valence-corrected chi connectivity index (χ1v) is 10.8. The van der Waals surface area contributed by atoms with Crippen molar-refractivity contribution in [3.05, 3.63) is 88.4 Å². The molecule has 0 saturated carbocycles. The predicted octanol–water partition coefficient (Wildman–Crippen LogP) is 4.32. The van der Waals surface area contributed by atoms with Crippen molar-refractivity contribution in [3.63, 3.8) is 0 Å². The molecule has 5 aromatic rings. The van der Waals surface area contributed by atoms with E-state index in [1.54, 1.807) is 23.5 Å². The number of nitrogens with zero attached hydrogens (tertiary/aromatic N) is 4.